The van der Waals surface area contributed by atoms with Gasteiger partial charge in [-0.3, -0.25) is 4.90 Å². The number of pyridine rings is 1. The quantitative estimate of drug-likeness (QED) is 0.776. The van der Waals surface area contributed by atoms with Gasteiger partial charge in [0.15, 0.2) is 0 Å². The molecule has 3 rings (SSSR count). The zero-order chi connectivity index (χ0) is 13.3. The van der Waals surface area contributed by atoms with Crippen LogP contribution in [0.15, 0.2) is 18.3 Å². The molecule has 2 heterocycles. The summed E-state index contributed by atoms with van der Waals surface area (Å²) in [5.74, 6) is 0. The highest BCUT2D eigenvalue weighted by molar-refractivity contribution is 6.29. The molecule has 1 saturated heterocycles. The number of hydrogen-bond acceptors (Lipinski definition) is 3. The van der Waals surface area contributed by atoms with Crippen LogP contribution in [0.2, 0.25) is 5.15 Å². The van der Waals surface area contributed by atoms with Crippen LogP contribution >= 0.6 is 11.6 Å². The zero-order valence-corrected chi connectivity index (χ0v) is 12.4. The van der Waals surface area contributed by atoms with Gasteiger partial charge in [0.25, 0.3) is 0 Å². The first-order valence-corrected chi connectivity index (χ1v) is 7.64. The van der Waals surface area contributed by atoms with E-state index in [2.05, 4.69) is 27.9 Å². The molecule has 4 heteroatoms. The van der Waals surface area contributed by atoms with Gasteiger partial charge in [0.2, 0.25) is 0 Å². The molecule has 19 heavy (non-hydrogen) atoms. The summed E-state index contributed by atoms with van der Waals surface area (Å²) in [6.07, 6.45) is 7.18. The molecule has 2 fully saturated rings. The molecule has 2 aliphatic rings. The van der Waals surface area contributed by atoms with Gasteiger partial charge in [-0.1, -0.05) is 30.5 Å². The van der Waals surface area contributed by atoms with Crippen LogP contribution in [0.3, 0.4) is 0 Å². The number of halogens is 1. The number of rotatable bonds is 2. The summed E-state index contributed by atoms with van der Waals surface area (Å²) in [5, 5.41) is 0.593. The summed E-state index contributed by atoms with van der Waals surface area (Å²) in [6, 6.07) is 4.12. The highest BCUT2D eigenvalue weighted by atomic mass is 35.5. The van der Waals surface area contributed by atoms with Gasteiger partial charge in [0, 0.05) is 37.9 Å². The fourth-order valence-electron chi connectivity index (χ4n) is 3.63. The molecule has 0 bridgehead atoms. The van der Waals surface area contributed by atoms with Crippen LogP contribution in [0.25, 0.3) is 0 Å². The third-order valence-electron chi connectivity index (χ3n) is 4.80. The van der Waals surface area contributed by atoms with E-state index in [-0.39, 0.29) is 5.54 Å². The lowest BCUT2D eigenvalue weighted by Crippen LogP contribution is -2.53. The molecule has 0 radical (unpaired) electrons. The average molecular weight is 280 g/mol. The summed E-state index contributed by atoms with van der Waals surface area (Å²) < 4.78 is 0. The Kier molecular flexibility index (Phi) is 3.79. The third kappa shape index (κ3) is 2.51. The van der Waals surface area contributed by atoms with Crippen molar-refractivity contribution in [3.8, 4) is 0 Å². The lowest BCUT2D eigenvalue weighted by Gasteiger charge is -2.45. The van der Waals surface area contributed by atoms with Crippen molar-refractivity contribution in [3.05, 3.63) is 29.0 Å². The van der Waals surface area contributed by atoms with Gasteiger partial charge in [0.1, 0.15) is 5.15 Å². The summed E-state index contributed by atoms with van der Waals surface area (Å²) in [7, 11) is 2.21. The highest BCUT2D eigenvalue weighted by Crippen LogP contribution is 2.44. The molecule has 0 amide bonds. The van der Waals surface area contributed by atoms with Crippen molar-refractivity contribution in [2.24, 2.45) is 0 Å². The molecule has 1 aliphatic heterocycles. The van der Waals surface area contributed by atoms with Crippen molar-refractivity contribution in [1.29, 1.82) is 0 Å². The lowest BCUT2D eigenvalue weighted by atomic mass is 9.86. The van der Waals surface area contributed by atoms with Crippen LogP contribution in [0.5, 0.6) is 0 Å². The molecule has 1 aromatic heterocycles. The summed E-state index contributed by atoms with van der Waals surface area (Å²) in [6.45, 7) is 4.67. The van der Waals surface area contributed by atoms with E-state index in [1.54, 1.807) is 0 Å². The number of hydrogen-bond donors (Lipinski definition) is 0. The maximum Gasteiger partial charge on any atom is 0.129 e. The van der Waals surface area contributed by atoms with Crippen LogP contribution < -0.4 is 0 Å². The van der Waals surface area contributed by atoms with Gasteiger partial charge in [-0.25, -0.2) is 4.98 Å². The maximum absolute atomic E-state index is 5.94. The molecule has 0 unspecified atom stereocenters. The van der Waals surface area contributed by atoms with Gasteiger partial charge in [0.05, 0.1) is 0 Å². The van der Waals surface area contributed by atoms with Crippen LogP contribution in [-0.4, -0.2) is 48.0 Å². The van der Waals surface area contributed by atoms with Gasteiger partial charge < -0.3 is 4.90 Å². The molecule has 0 N–H and O–H groups in total. The van der Waals surface area contributed by atoms with E-state index < -0.39 is 0 Å². The fraction of sp³-hybridized carbons (Fsp3) is 0.667. The minimum absolute atomic E-state index is 0.221. The average Bonchev–Trinajstić information content (AvgIpc) is 2.91. The first kappa shape index (κ1) is 13.3. The molecule has 1 aliphatic carbocycles. The second-order valence-corrected chi connectivity index (χ2v) is 6.29. The summed E-state index contributed by atoms with van der Waals surface area (Å²) in [5.41, 5.74) is 1.58. The Balaban J connectivity index is 1.88. The van der Waals surface area contributed by atoms with Crippen molar-refractivity contribution in [3.63, 3.8) is 0 Å². The number of aromatic nitrogens is 1. The van der Waals surface area contributed by atoms with E-state index in [1.165, 1.54) is 57.4 Å². The molecule has 1 aromatic rings. The predicted octanol–water partition coefficient (Wildman–Crippen LogP) is 2.75. The Morgan fingerprint density at radius 1 is 1.11 bits per heavy atom. The Morgan fingerprint density at radius 2 is 1.79 bits per heavy atom. The zero-order valence-electron chi connectivity index (χ0n) is 11.6. The first-order valence-electron chi connectivity index (χ1n) is 7.26. The molecule has 1 saturated carbocycles. The van der Waals surface area contributed by atoms with Crippen molar-refractivity contribution >= 4 is 11.6 Å². The molecule has 3 nitrogen and oxygen atoms in total. The SMILES string of the molecule is CN1CCN(C2(c3ccc(Cl)nc3)CCCC2)CC1. The lowest BCUT2D eigenvalue weighted by molar-refractivity contribution is 0.0403. The first-order chi connectivity index (χ1) is 9.21. The molecule has 0 aromatic carbocycles. The minimum Gasteiger partial charge on any atom is -0.304 e. The molecular weight excluding hydrogens is 258 g/mol. The van der Waals surface area contributed by atoms with Gasteiger partial charge in [-0.05, 0) is 31.5 Å². The van der Waals surface area contributed by atoms with Gasteiger partial charge in [-0.15, -0.1) is 0 Å². The molecular formula is C15H22ClN3. The third-order valence-corrected chi connectivity index (χ3v) is 5.03. The Labute approximate surface area is 120 Å². The van der Waals surface area contributed by atoms with Crippen LogP contribution in [0.4, 0.5) is 0 Å². The van der Waals surface area contributed by atoms with Crippen molar-refractivity contribution in [2.75, 3.05) is 33.2 Å². The molecule has 0 spiro atoms. The second kappa shape index (κ2) is 5.39. The normalized spacial score (nSPS) is 24.7. The Bertz CT molecular complexity index is 418. The standard InChI is InChI=1S/C15H22ClN3/c1-18-8-10-19(11-9-18)15(6-2-3-7-15)13-4-5-14(16)17-12-13/h4-5,12H,2-3,6-11H2,1H3. The predicted molar refractivity (Wildman–Crippen MR) is 78.5 cm³/mol. The van der Waals surface area contributed by atoms with E-state index in [9.17, 15) is 0 Å². The number of likely N-dealkylation sites (N-methyl/N-ethyl adjacent to an activating group) is 1. The highest BCUT2D eigenvalue weighted by Gasteiger charge is 2.41. The van der Waals surface area contributed by atoms with Crippen LogP contribution in [0.1, 0.15) is 31.2 Å². The smallest absolute Gasteiger partial charge is 0.129 e. The van der Waals surface area contributed by atoms with Crippen LogP contribution in [-0.2, 0) is 5.54 Å². The van der Waals surface area contributed by atoms with E-state index in [4.69, 9.17) is 11.6 Å². The van der Waals surface area contributed by atoms with E-state index in [1.807, 2.05) is 12.3 Å². The van der Waals surface area contributed by atoms with Crippen molar-refractivity contribution in [2.45, 2.75) is 31.2 Å². The molecule has 104 valence electrons. The van der Waals surface area contributed by atoms with Crippen molar-refractivity contribution in [1.82, 2.24) is 14.8 Å². The number of piperazine rings is 1. The maximum atomic E-state index is 5.94. The summed E-state index contributed by atoms with van der Waals surface area (Å²) >= 11 is 5.94. The monoisotopic (exact) mass is 279 g/mol. The van der Waals surface area contributed by atoms with Crippen LogP contribution in [0, 0.1) is 0 Å². The van der Waals surface area contributed by atoms with E-state index in [0.29, 0.717) is 5.15 Å². The Hall–Kier alpha value is -0.640. The largest absolute Gasteiger partial charge is 0.304 e. The van der Waals surface area contributed by atoms with E-state index >= 15 is 0 Å². The fourth-order valence-corrected chi connectivity index (χ4v) is 3.74. The minimum atomic E-state index is 0.221. The van der Waals surface area contributed by atoms with Gasteiger partial charge in [-0.2, -0.15) is 0 Å². The topological polar surface area (TPSA) is 19.4 Å². The van der Waals surface area contributed by atoms with Gasteiger partial charge >= 0.3 is 0 Å². The van der Waals surface area contributed by atoms with E-state index in [0.717, 1.165) is 0 Å². The molecule has 0 atom stereocenters. The summed E-state index contributed by atoms with van der Waals surface area (Å²) in [4.78, 5) is 9.41. The van der Waals surface area contributed by atoms with Crippen molar-refractivity contribution < 1.29 is 0 Å². The second-order valence-electron chi connectivity index (χ2n) is 5.90. The Morgan fingerprint density at radius 3 is 2.37 bits per heavy atom. The number of nitrogens with zero attached hydrogens (tertiary/aromatic N) is 3.